The summed E-state index contributed by atoms with van der Waals surface area (Å²) in [6.45, 7) is 6.81. The maximum Gasteiger partial charge on any atom is 0.123 e. The second-order valence-corrected chi connectivity index (χ2v) is 5.01. The summed E-state index contributed by atoms with van der Waals surface area (Å²) >= 11 is 0. The van der Waals surface area contributed by atoms with Crippen molar-refractivity contribution in [3.63, 3.8) is 0 Å². The minimum Gasteiger partial charge on any atom is -0.384 e. The van der Waals surface area contributed by atoms with Crippen LogP contribution < -0.4 is 5.73 Å². The lowest BCUT2D eigenvalue weighted by Gasteiger charge is -2.36. The van der Waals surface area contributed by atoms with Gasteiger partial charge in [-0.1, -0.05) is 13.3 Å². The number of piperidine rings is 1. The molecular weight excluding hydrogens is 210 g/mol. The summed E-state index contributed by atoms with van der Waals surface area (Å²) < 4.78 is 0. The SMILES string of the molecule is CCCN1CCCC[C@@H]1c1cnc(N)cc1C. The van der Waals surface area contributed by atoms with Crippen molar-refractivity contribution in [3.05, 3.63) is 23.4 Å². The highest BCUT2D eigenvalue weighted by Crippen LogP contribution is 2.32. The topological polar surface area (TPSA) is 42.2 Å². The van der Waals surface area contributed by atoms with E-state index < -0.39 is 0 Å². The predicted octanol–water partition coefficient (Wildman–Crippen LogP) is 2.91. The average molecular weight is 233 g/mol. The number of nitrogens with two attached hydrogens (primary N) is 1. The molecule has 1 aromatic heterocycles. The Balaban J connectivity index is 2.23. The van der Waals surface area contributed by atoms with Crippen molar-refractivity contribution in [2.75, 3.05) is 18.8 Å². The summed E-state index contributed by atoms with van der Waals surface area (Å²) in [5.41, 5.74) is 8.38. The Morgan fingerprint density at radius 2 is 2.29 bits per heavy atom. The van der Waals surface area contributed by atoms with Gasteiger partial charge in [-0.3, -0.25) is 4.90 Å². The summed E-state index contributed by atoms with van der Waals surface area (Å²) in [4.78, 5) is 6.86. The Morgan fingerprint density at radius 1 is 1.47 bits per heavy atom. The van der Waals surface area contributed by atoms with Crippen LogP contribution in [0.25, 0.3) is 0 Å². The molecular formula is C14H23N3. The molecule has 2 N–H and O–H groups in total. The van der Waals surface area contributed by atoms with E-state index in [1.165, 1.54) is 49.9 Å². The molecule has 2 rings (SSSR count). The number of nitrogen functional groups attached to an aromatic ring is 1. The van der Waals surface area contributed by atoms with E-state index >= 15 is 0 Å². The zero-order chi connectivity index (χ0) is 12.3. The molecule has 0 spiro atoms. The quantitative estimate of drug-likeness (QED) is 0.873. The van der Waals surface area contributed by atoms with E-state index in [1.807, 2.05) is 12.3 Å². The van der Waals surface area contributed by atoms with Gasteiger partial charge in [0.25, 0.3) is 0 Å². The standard InChI is InChI=1S/C14H23N3/c1-3-7-17-8-5-4-6-13(17)12-10-16-14(15)9-11(12)2/h9-10,13H,3-8H2,1-2H3,(H2,15,16)/t13-/m1/s1. The summed E-state index contributed by atoms with van der Waals surface area (Å²) in [5.74, 6) is 0.629. The Bertz CT molecular complexity index is 374. The Hall–Kier alpha value is -1.09. The molecule has 1 atom stereocenters. The van der Waals surface area contributed by atoms with Crippen molar-refractivity contribution in [1.29, 1.82) is 0 Å². The van der Waals surface area contributed by atoms with Crippen LogP contribution in [0.2, 0.25) is 0 Å². The molecule has 0 radical (unpaired) electrons. The lowest BCUT2D eigenvalue weighted by Crippen LogP contribution is -2.34. The third-order valence-electron chi connectivity index (χ3n) is 3.66. The fourth-order valence-electron chi connectivity index (χ4n) is 2.84. The maximum absolute atomic E-state index is 5.73. The third kappa shape index (κ3) is 2.78. The van der Waals surface area contributed by atoms with Crippen molar-refractivity contribution < 1.29 is 0 Å². The number of aromatic nitrogens is 1. The van der Waals surface area contributed by atoms with Crippen molar-refractivity contribution in [2.24, 2.45) is 0 Å². The van der Waals surface area contributed by atoms with Crippen LogP contribution in [0.15, 0.2) is 12.3 Å². The van der Waals surface area contributed by atoms with E-state index in [1.54, 1.807) is 0 Å². The number of pyridine rings is 1. The molecule has 1 saturated heterocycles. The first-order valence-corrected chi connectivity index (χ1v) is 6.68. The molecule has 1 aromatic rings. The number of nitrogens with zero attached hydrogens (tertiary/aromatic N) is 2. The molecule has 1 fully saturated rings. The number of aryl methyl sites for hydroxylation is 1. The zero-order valence-electron chi connectivity index (χ0n) is 10.9. The van der Waals surface area contributed by atoms with E-state index in [4.69, 9.17) is 5.73 Å². The second kappa shape index (κ2) is 5.50. The van der Waals surface area contributed by atoms with Gasteiger partial charge >= 0.3 is 0 Å². The van der Waals surface area contributed by atoms with Crippen LogP contribution in [0.4, 0.5) is 5.82 Å². The van der Waals surface area contributed by atoms with Gasteiger partial charge in [-0.15, -0.1) is 0 Å². The third-order valence-corrected chi connectivity index (χ3v) is 3.66. The summed E-state index contributed by atoms with van der Waals surface area (Å²) in [7, 11) is 0. The lowest BCUT2D eigenvalue weighted by atomic mass is 9.93. The fourth-order valence-corrected chi connectivity index (χ4v) is 2.84. The van der Waals surface area contributed by atoms with Crippen LogP contribution in [0.3, 0.4) is 0 Å². The van der Waals surface area contributed by atoms with Crippen molar-refractivity contribution in [3.8, 4) is 0 Å². The molecule has 17 heavy (non-hydrogen) atoms. The Morgan fingerprint density at radius 3 is 3.00 bits per heavy atom. The Kier molecular flexibility index (Phi) is 4.00. The molecule has 0 aliphatic carbocycles. The van der Waals surface area contributed by atoms with E-state index in [2.05, 4.69) is 23.7 Å². The molecule has 1 aliphatic rings. The average Bonchev–Trinajstić information content (AvgIpc) is 2.31. The van der Waals surface area contributed by atoms with E-state index in [-0.39, 0.29) is 0 Å². The minimum absolute atomic E-state index is 0.553. The van der Waals surface area contributed by atoms with E-state index in [0.29, 0.717) is 11.9 Å². The van der Waals surface area contributed by atoms with Crippen LogP contribution in [-0.2, 0) is 0 Å². The monoisotopic (exact) mass is 233 g/mol. The van der Waals surface area contributed by atoms with Gasteiger partial charge in [0.15, 0.2) is 0 Å². The minimum atomic E-state index is 0.553. The summed E-state index contributed by atoms with van der Waals surface area (Å²) in [5, 5.41) is 0. The van der Waals surface area contributed by atoms with Gasteiger partial charge in [0, 0.05) is 12.2 Å². The molecule has 0 amide bonds. The normalized spacial score (nSPS) is 21.6. The first-order chi connectivity index (χ1) is 8.22. The maximum atomic E-state index is 5.73. The number of hydrogen-bond acceptors (Lipinski definition) is 3. The van der Waals surface area contributed by atoms with Crippen LogP contribution in [0, 0.1) is 6.92 Å². The largest absolute Gasteiger partial charge is 0.384 e. The smallest absolute Gasteiger partial charge is 0.123 e. The van der Waals surface area contributed by atoms with E-state index in [0.717, 1.165) is 0 Å². The number of hydrogen-bond donors (Lipinski definition) is 1. The zero-order valence-corrected chi connectivity index (χ0v) is 10.9. The van der Waals surface area contributed by atoms with Crippen LogP contribution in [0.5, 0.6) is 0 Å². The molecule has 0 bridgehead atoms. The molecule has 2 heterocycles. The van der Waals surface area contributed by atoms with Gasteiger partial charge in [0.05, 0.1) is 0 Å². The van der Waals surface area contributed by atoms with Crippen molar-refractivity contribution in [1.82, 2.24) is 9.88 Å². The van der Waals surface area contributed by atoms with Gasteiger partial charge in [0.1, 0.15) is 5.82 Å². The van der Waals surface area contributed by atoms with Gasteiger partial charge in [0.2, 0.25) is 0 Å². The Labute approximate surface area is 104 Å². The van der Waals surface area contributed by atoms with Crippen molar-refractivity contribution >= 4 is 5.82 Å². The molecule has 1 aliphatic heterocycles. The van der Waals surface area contributed by atoms with Crippen LogP contribution >= 0.6 is 0 Å². The highest BCUT2D eigenvalue weighted by Gasteiger charge is 2.24. The number of rotatable bonds is 3. The number of likely N-dealkylation sites (tertiary alicyclic amines) is 1. The molecule has 94 valence electrons. The highest BCUT2D eigenvalue weighted by atomic mass is 15.2. The van der Waals surface area contributed by atoms with E-state index in [9.17, 15) is 0 Å². The molecule has 3 heteroatoms. The second-order valence-electron chi connectivity index (χ2n) is 5.01. The molecule has 3 nitrogen and oxygen atoms in total. The molecule has 0 saturated carbocycles. The lowest BCUT2D eigenvalue weighted by molar-refractivity contribution is 0.148. The highest BCUT2D eigenvalue weighted by molar-refractivity contribution is 5.37. The molecule has 0 aromatic carbocycles. The van der Waals surface area contributed by atoms with Gasteiger partial charge in [-0.05, 0) is 56.5 Å². The van der Waals surface area contributed by atoms with Crippen molar-refractivity contribution in [2.45, 2.75) is 45.6 Å². The van der Waals surface area contributed by atoms with Gasteiger partial charge < -0.3 is 5.73 Å². The van der Waals surface area contributed by atoms with Gasteiger partial charge in [-0.2, -0.15) is 0 Å². The predicted molar refractivity (Wildman–Crippen MR) is 71.8 cm³/mol. The molecule has 0 unspecified atom stereocenters. The summed E-state index contributed by atoms with van der Waals surface area (Å²) in [6.07, 6.45) is 7.11. The van der Waals surface area contributed by atoms with Crippen LogP contribution in [-0.4, -0.2) is 23.0 Å². The summed E-state index contributed by atoms with van der Waals surface area (Å²) in [6, 6.07) is 2.55. The van der Waals surface area contributed by atoms with Gasteiger partial charge in [-0.25, -0.2) is 4.98 Å². The van der Waals surface area contributed by atoms with Crippen LogP contribution in [0.1, 0.15) is 49.8 Å². The number of anilines is 1. The fraction of sp³-hybridized carbons (Fsp3) is 0.643. The first-order valence-electron chi connectivity index (χ1n) is 6.68. The first kappa shape index (κ1) is 12.4.